The number of nitrogens with zero attached hydrogens (tertiary/aromatic N) is 1. The zero-order valence-electron chi connectivity index (χ0n) is 13.8. The van der Waals surface area contributed by atoms with E-state index < -0.39 is 11.7 Å². The van der Waals surface area contributed by atoms with Gasteiger partial charge in [-0.1, -0.05) is 32.0 Å². The van der Waals surface area contributed by atoms with Crippen LogP contribution in [0.3, 0.4) is 0 Å². The molecule has 0 atom stereocenters. The first-order valence-corrected chi connectivity index (χ1v) is 8.26. The van der Waals surface area contributed by atoms with Gasteiger partial charge >= 0.3 is 6.18 Å². The molecule has 1 aromatic rings. The summed E-state index contributed by atoms with van der Waals surface area (Å²) in [5.41, 5.74) is -0.264. The fourth-order valence-corrected chi connectivity index (χ4v) is 2.91. The highest BCUT2D eigenvalue weighted by atomic mass is 19.4. The number of hydrogen-bond donors (Lipinski definition) is 1. The summed E-state index contributed by atoms with van der Waals surface area (Å²) >= 11 is 0. The molecular formula is C18H25F3N2. The molecule has 0 aromatic heterocycles. The van der Waals surface area contributed by atoms with Crippen LogP contribution in [0.4, 0.5) is 13.2 Å². The van der Waals surface area contributed by atoms with Gasteiger partial charge in [0.15, 0.2) is 0 Å². The summed E-state index contributed by atoms with van der Waals surface area (Å²) < 4.78 is 38.7. The zero-order valence-corrected chi connectivity index (χ0v) is 13.8. The van der Waals surface area contributed by atoms with E-state index in [1.54, 1.807) is 6.07 Å². The van der Waals surface area contributed by atoms with Crippen LogP contribution in [0.25, 0.3) is 0 Å². The Labute approximate surface area is 136 Å². The van der Waals surface area contributed by atoms with Crippen molar-refractivity contribution >= 4 is 0 Å². The van der Waals surface area contributed by atoms with Crippen LogP contribution in [0.5, 0.6) is 0 Å². The molecule has 1 aliphatic rings. The Bertz CT molecular complexity index is 498. The summed E-state index contributed by atoms with van der Waals surface area (Å²) in [6, 6.07) is 8.14. The fourth-order valence-electron chi connectivity index (χ4n) is 2.91. The molecule has 0 amide bonds. The predicted octanol–water partition coefficient (Wildman–Crippen LogP) is 5.29. The van der Waals surface area contributed by atoms with Crippen molar-refractivity contribution in [3.8, 4) is 6.07 Å². The van der Waals surface area contributed by atoms with Crippen LogP contribution in [0, 0.1) is 17.2 Å². The van der Waals surface area contributed by atoms with Crippen molar-refractivity contribution in [2.75, 3.05) is 0 Å². The molecular weight excluding hydrogens is 301 g/mol. The zero-order chi connectivity index (χ0) is 17.3. The van der Waals surface area contributed by atoms with Crippen molar-refractivity contribution in [2.45, 2.75) is 64.7 Å². The highest BCUT2D eigenvalue weighted by Crippen LogP contribution is 2.32. The van der Waals surface area contributed by atoms with Gasteiger partial charge in [0.1, 0.15) is 0 Å². The maximum atomic E-state index is 12.9. The van der Waals surface area contributed by atoms with Gasteiger partial charge in [0, 0.05) is 19.0 Å². The Morgan fingerprint density at radius 1 is 1.13 bits per heavy atom. The van der Waals surface area contributed by atoms with E-state index in [1.165, 1.54) is 12.1 Å². The largest absolute Gasteiger partial charge is 0.416 e. The summed E-state index contributed by atoms with van der Waals surface area (Å²) in [5.74, 6) is 0.454. The van der Waals surface area contributed by atoms with Crippen molar-refractivity contribution in [3.63, 3.8) is 0 Å². The highest BCUT2D eigenvalue weighted by Gasteiger charge is 2.33. The van der Waals surface area contributed by atoms with Crippen molar-refractivity contribution in [3.05, 3.63) is 35.4 Å². The minimum atomic E-state index is -4.30. The third-order valence-electron chi connectivity index (χ3n) is 4.13. The molecule has 0 saturated heterocycles. The summed E-state index contributed by atoms with van der Waals surface area (Å²) in [4.78, 5) is 0. The normalized spacial score (nSPS) is 21.0. The minimum absolute atomic E-state index is 0.239. The van der Waals surface area contributed by atoms with Crippen molar-refractivity contribution in [2.24, 2.45) is 5.92 Å². The molecule has 0 spiro atoms. The van der Waals surface area contributed by atoms with Gasteiger partial charge in [-0.05, 0) is 43.2 Å². The number of alkyl halides is 3. The van der Waals surface area contributed by atoms with Crippen LogP contribution in [-0.2, 0) is 12.7 Å². The minimum Gasteiger partial charge on any atom is -0.310 e. The third kappa shape index (κ3) is 6.23. The standard InChI is InChI=1S/C16H19F3N2.C2H6/c17-16(18,19)15-4-2-1-3-13(15)11-21-14-7-5-12(6-8-14)9-10-20;1-2/h1-4,12,14,21H,5-9,11H2;1-2H3. The average Bonchev–Trinajstić information content (AvgIpc) is 2.56. The average molecular weight is 326 g/mol. The van der Waals surface area contributed by atoms with Gasteiger partial charge < -0.3 is 5.32 Å². The van der Waals surface area contributed by atoms with Gasteiger partial charge in [-0.15, -0.1) is 0 Å². The summed E-state index contributed by atoms with van der Waals surface area (Å²) in [6.45, 7) is 4.24. The maximum absolute atomic E-state index is 12.9. The molecule has 0 unspecified atom stereocenters. The lowest BCUT2D eigenvalue weighted by Crippen LogP contribution is -2.33. The van der Waals surface area contributed by atoms with Gasteiger partial charge in [0.05, 0.1) is 11.6 Å². The molecule has 1 saturated carbocycles. The Hall–Kier alpha value is -1.54. The number of nitriles is 1. The number of hydrogen-bond acceptors (Lipinski definition) is 2. The van der Waals surface area contributed by atoms with Gasteiger partial charge in [-0.25, -0.2) is 0 Å². The SMILES string of the molecule is CC.N#CCC1CCC(NCc2ccccc2C(F)(F)F)CC1. The molecule has 0 radical (unpaired) electrons. The van der Waals surface area contributed by atoms with Crippen molar-refractivity contribution in [1.82, 2.24) is 5.32 Å². The van der Waals surface area contributed by atoms with Gasteiger partial charge in [-0.2, -0.15) is 18.4 Å². The Balaban J connectivity index is 0.00000127. The molecule has 1 aromatic carbocycles. The molecule has 1 N–H and O–H groups in total. The van der Waals surface area contributed by atoms with E-state index in [0.717, 1.165) is 31.7 Å². The van der Waals surface area contributed by atoms with E-state index >= 15 is 0 Å². The second-order valence-corrected chi connectivity index (χ2v) is 5.62. The maximum Gasteiger partial charge on any atom is 0.416 e. The first-order chi connectivity index (χ1) is 11.0. The van der Waals surface area contributed by atoms with Gasteiger partial charge in [-0.3, -0.25) is 0 Å². The molecule has 0 aliphatic heterocycles. The van der Waals surface area contributed by atoms with E-state index in [4.69, 9.17) is 5.26 Å². The van der Waals surface area contributed by atoms with E-state index in [2.05, 4.69) is 11.4 Å². The topological polar surface area (TPSA) is 35.8 Å². The van der Waals surface area contributed by atoms with Crippen LogP contribution < -0.4 is 5.32 Å². The fraction of sp³-hybridized carbons (Fsp3) is 0.611. The third-order valence-corrected chi connectivity index (χ3v) is 4.13. The lowest BCUT2D eigenvalue weighted by Gasteiger charge is -2.28. The smallest absolute Gasteiger partial charge is 0.310 e. The number of rotatable bonds is 4. The first-order valence-electron chi connectivity index (χ1n) is 8.26. The van der Waals surface area contributed by atoms with Crippen molar-refractivity contribution < 1.29 is 13.2 Å². The molecule has 128 valence electrons. The molecule has 0 bridgehead atoms. The van der Waals surface area contributed by atoms with Crippen LogP contribution in [0.1, 0.15) is 57.1 Å². The highest BCUT2D eigenvalue weighted by molar-refractivity contribution is 5.29. The number of benzene rings is 1. The van der Waals surface area contributed by atoms with Crippen LogP contribution >= 0.6 is 0 Å². The molecule has 1 fully saturated rings. The summed E-state index contributed by atoms with van der Waals surface area (Å²) in [6.07, 6.45) is 0.103. The lowest BCUT2D eigenvalue weighted by atomic mass is 9.84. The van der Waals surface area contributed by atoms with E-state index in [9.17, 15) is 13.2 Å². The number of halogens is 3. The molecule has 2 nitrogen and oxygen atoms in total. The van der Waals surface area contributed by atoms with Crippen molar-refractivity contribution in [1.29, 1.82) is 5.26 Å². The van der Waals surface area contributed by atoms with Crippen LogP contribution in [0.2, 0.25) is 0 Å². The van der Waals surface area contributed by atoms with Crippen LogP contribution in [-0.4, -0.2) is 6.04 Å². The predicted molar refractivity (Wildman–Crippen MR) is 85.6 cm³/mol. The molecule has 2 rings (SSSR count). The Morgan fingerprint density at radius 2 is 1.74 bits per heavy atom. The molecule has 0 heterocycles. The molecule has 23 heavy (non-hydrogen) atoms. The quantitative estimate of drug-likeness (QED) is 0.815. The van der Waals surface area contributed by atoms with E-state index in [-0.39, 0.29) is 12.6 Å². The second-order valence-electron chi connectivity index (χ2n) is 5.62. The van der Waals surface area contributed by atoms with Gasteiger partial charge in [0.2, 0.25) is 0 Å². The summed E-state index contributed by atoms with van der Waals surface area (Å²) in [5, 5.41) is 11.9. The molecule has 1 aliphatic carbocycles. The lowest BCUT2D eigenvalue weighted by molar-refractivity contribution is -0.138. The first kappa shape index (κ1) is 19.5. The summed E-state index contributed by atoms with van der Waals surface area (Å²) in [7, 11) is 0. The number of nitrogens with one attached hydrogen (secondary N) is 1. The Kier molecular flexibility index (Phi) is 8.11. The van der Waals surface area contributed by atoms with E-state index in [1.807, 2.05) is 13.8 Å². The molecule has 5 heteroatoms. The van der Waals surface area contributed by atoms with E-state index in [0.29, 0.717) is 17.9 Å². The van der Waals surface area contributed by atoms with Crippen LogP contribution in [0.15, 0.2) is 24.3 Å². The second kappa shape index (κ2) is 9.57. The van der Waals surface area contributed by atoms with Gasteiger partial charge in [0.25, 0.3) is 0 Å². The monoisotopic (exact) mass is 326 g/mol. The Morgan fingerprint density at radius 3 is 2.30 bits per heavy atom.